The molecule has 0 bridgehead atoms. The highest BCUT2D eigenvalue weighted by Crippen LogP contribution is 2.23. The molecule has 2 nitrogen and oxygen atoms in total. The van der Waals surface area contributed by atoms with E-state index in [9.17, 15) is 0 Å². The molecule has 96 valence electrons. The Labute approximate surface area is 132 Å². The third-order valence-electron chi connectivity index (χ3n) is 3.02. The van der Waals surface area contributed by atoms with Crippen LogP contribution in [0.4, 0.5) is 0 Å². The fraction of sp³-hybridized carbons (Fsp3) is 0.0714. The SMILES string of the molecule is S=c1[nH]c2cc(Br)ccc2n1Cc1ccccc1Br. The number of aromatic amines is 1. The van der Waals surface area contributed by atoms with E-state index in [1.807, 2.05) is 30.3 Å². The molecule has 3 rings (SSSR count). The predicted molar refractivity (Wildman–Crippen MR) is 88.1 cm³/mol. The van der Waals surface area contributed by atoms with Gasteiger partial charge in [0.05, 0.1) is 17.6 Å². The molecule has 19 heavy (non-hydrogen) atoms. The lowest BCUT2D eigenvalue weighted by Crippen LogP contribution is -2.00. The Bertz CT molecular complexity index is 805. The van der Waals surface area contributed by atoms with Crippen molar-refractivity contribution in [2.75, 3.05) is 0 Å². The second-order valence-corrected chi connectivity index (χ2v) is 6.43. The smallest absolute Gasteiger partial charge is 0.178 e. The summed E-state index contributed by atoms with van der Waals surface area (Å²) in [5.74, 6) is 0. The molecule has 5 heteroatoms. The summed E-state index contributed by atoms with van der Waals surface area (Å²) in [6.45, 7) is 0.752. The lowest BCUT2D eigenvalue weighted by molar-refractivity contribution is 0.807. The van der Waals surface area contributed by atoms with Crippen LogP contribution in [0.25, 0.3) is 11.0 Å². The van der Waals surface area contributed by atoms with E-state index in [4.69, 9.17) is 12.2 Å². The first-order chi connectivity index (χ1) is 9.15. The minimum Gasteiger partial charge on any atom is -0.331 e. The molecule has 0 atom stereocenters. The maximum absolute atomic E-state index is 5.42. The maximum atomic E-state index is 5.42. The zero-order chi connectivity index (χ0) is 13.4. The van der Waals surface area contributed by atoms with E-state index in [1.54, 1.807) is 0 Å². The Balaban J connectivity index is 2.13. The number of rotatable bonds is 2. The summed E-state index contributed by atoms with van der Waals surface area (Å²) in [5, 5.41) is 0. The number of aromatic nitrogens is 2. The van der Waals surface area contributed by atoms with Crippen LogP contribution in [0.1, 0.15) is 5.56 Å². The minimum absolute atomic E-state index is 0.740. The molecule has 0 radical (unpaired) electrons. The van der Waals surface area contributed by atoms with Crippen molar-refractivity contribution in [3.63, 3.8) is 0 Å². The fourth-order valence-electron chi connectivity index (χ4n) is 2.09. The normalized spacial score (nSPS) is 11.1. The first kappa shape index (κ1) is 13.1. The molecule has 1 aromatic heterocycles. The van der Waals surface area contributed by atoms with Crippen molar-refractivity contribution >= 4 is 55.1 Å². The highest BCUT2D eigenvalue weighted by molar-refractivity contribution is 9.10. The van der Waals surface area contributed by atoms with Crippen molar-refractivity contribution in [1.82, 2.24) is 9.55 Å². The highest BCUT2D eigenvalue weighted by Gasteiger charge is 2.07. The van der Waals surface area contributed by atoms with Crippen LogP contribution >= 0.6 is 44.1 Å². The van der Waals surface area contributed by atoms with Gasteiger partial charge in [0.1, 0.15) is 0 Å². The summed E-state index contributed by atoms with van der Waals surface area (Å²) >= 11 is 12.5. The molecule has 1 N–H and O–H groups in total. The molecular weight excluding hydrogens is 388 g/mol. The quantitative estimate of drug-likeness (QED) is 0.584. The standard InChI is InChI=1S/C14H10Br2N2S/c15-10-5-6-13-12(7-10)17-14(19)18(13)8-9-3-1-2-4-11(9)16/h1-7H,8H2,(H,17,19). The van der Waals surface area contributed by atoms with E-state index in [-0.39, 0.29) is 0 Å². The van der Waals surface area contributed by atoms with E-state index in [2.05, 4.69) is 53.5 Å². The maximum Gasteiger partial charge on any atom is 0.178 e. The monoisotopic (exact) mass is 396 g/mol. The number of halogens is 2. The van der Waals surface area contributed by atoms with Crippen molar-refractivity contribution < 1.29 is 0 Å². The predicted octanol–water partition coefficient (Wildman–Crippen LogP) is 5.27. The van der Waals surface area contributed by atoms with Crippen molar-refractivity contribution in [3.05, 3.63) is 61.7 Å². The molecule has 0 saturated carbocycles. The number of fused-ring (bicyclic) bond motifs is 1. The number of nitrogens with zero attached hydrogens (tertiary/aromatic N) is 1. The molecule has 0 fully saturated rings. The van der Waals surface area contributed by atoms with E-state index in [0.717, 1.165) is 31.3 Å². The van der Waals surface area contributed by atoms with Gasteiger partial charge in [-0.1, -0.05) is 50.1 Å². The van der Waals surface area contributed by atoms with Crippen LogP contribution in [0.3, 0.4) is 0 Å². The molecule has 3 aromatic rings. The summed E-state index contributed by atoms with van der Waals surface area (Å²) in [6, 6.07) is 14.3. The topological polar surface area (TPSA) is 20.7 Å². The van der Waals surface area contributed by atoms with E-state index >= 15 is 0 Å². The molecule has 1 heterocycles. The Morgan fingerprint density at radius 2 is 1.89 bits per heavy atom. The average molecular weight is 398 g/mol. The lowest BCUT2D eigenvalue weighted by Gasteiger charge is -2.07. The van der Waals surface area contributed by atoms with Gasteiger partial charge in [-0.05, 0) is 42.0 Å². The number of benzene rings is 2. The van der Waals surface area contributed by atoms with Crippen LogP contribution in [0.15, 0.2) is 51.4 Å². The lowest BCUT2D eigenvalue weighted by atomic mass is 10.2. The molecule has 0 amide bonds. The number of hydrogen-bond acceptors (Lipinski definition) is 1. The Kier molecular flexibility index (Phi) is 3.60. The van der Waals surface area contributed by atoms with Crippen molar-refractivity contribution in [2.45, 2.75) is 6.54 Å². The summed E-state index contributed by atoms with van der Waals surface area (Å²) < 4.78 is 4.99. The van der Waals surface area contributed by atoms with Crippen molar-refractivity contribution in [3.8, 4) is 0 Å². The first-order valence-corrected chi connectivity index (χ1v) is 7.76. The largest absolute Gasteiger partial charge is 0.331 e. The Morgan fingerprint density at radius 3 is 2.68 bits per heavy atom. The molecular formula is C14H10Br2N2S. The highest BCUT2D eigenvalue weighted by atomic mass is 79.9. The summed E-state index contributed by atoms with van der Waals surface area (Å²) in [7, 11) is 0. The third kappa shape index (κ3) is 2.55. The number of imidazole rings is 1. The minimum atomic E-state index is 0.740. The van der Waals surface area contributed by atoms with Crippen LogP contribution in [0, 0.1) is 4.77 Å². The average Bonchev–Trinajstić information content (AvgIpc) is 2.68. The Morgan fingerprint density at radius 1 is 1.11 bits per heavy atom. The molecule has 0 aliphatic carbocycles. The second-order valence-electron chi connectivity index (χ2n) is 4.27. The fourth-order valence-corrected chi connectivity index (χ4v) is 3.13. The van der Waals surface area contributed by atoms with Crippen LogP contribution in [0.2, 0.25) is 0 Å². The van der Waals surface area contributed by atoms with Gasteiger partial charge < -0.3 is 9.55 Å². The van der Waals surface area contributed by atoms with Gasteiger partial charge in [0.15, 0.2) is 4.77 Å². The van der Waals surface area contributed by atoms with Gasteiger partial charge in [-0.3, -0.25) is 0 Å². The summed E-state index contributed by atoms with van der Waals surface area (Å²) in [6.07, 6.45) is 0. The zero-order valence-corrected chi connectivity index (χ0v) is 13.8. The molecule has 0 saturated heterocycles. The summed E-state index contributed by atoms with van der Waals surface area (Å²) in [5.41, 5.74) is 3.37. The molecule has 2 aromatic carbocycles. The van der Waals surface area contributed by atoms with Gasteiger partial charge in [-0.25, -0.2) is 0 Å². The number of hydrogen-bond donors (Lipinski definition) is 1. The van der Waals surface area contributed by atoms with Crippen LogP contribution in [-0.2, 0) is 6.54 Å². The van der Waals surface area contributed by atoms with E-state index < -0.39 is 0 Å². The van der Waals surface area contributed by atoms with Gasteiger partial charge >= 0.3 is 0 Å². The van der Waals surface area contributed by atoms with Gasteiger partial charge in [0.2, 0.25) is 0 Å². The van der Waals surface area contributed by atoms with E-state index in [1.165, 1.54) is 5.56 Å². The third-order valence-corrected chi connectivity index (χ3v) is 4.61. The van der Waals surface area contributed by atoms with Crippen molar-refractivity contribution in [2.24, 2.45) is 0 Å². The molecule has 0 aliphatic rings. The van der Waals surface area contributed by atoms with Gasteiger partial charge in [-0.15, -0.1) is 0 Å². The van der Waals surface area contributed by atoms with Crippen LogP contribution in [-0.4, -0.2) is 9.55 Å². The van der Waals surface area contributed by atoms with Crippen LogP contribution < -0.4 is 0 Å². The van der Waals surface area contributed by atoms with Crippen LogP contribution in [0.5, 0.6) is 0 Å². The molecule has 0 aliphatic heterocycles. The molecule has 0 spiro atoms. The molecule has 0 unspecified atom stereocenters. The number of H-pyrrole nitrogens is 1. The number of nitrogens with one attached hydrogen (secondary N) is 1. The van der Waals surface area contributed by atoms with Gasteiger partial charge in [-0.2, -0.15) is 0 Å². The van der Waals surface area contributed by atoms with Gasteiger partial charge in [0, 0.05) is 8.95 Å². The van der Waals surface area contributed by atoms with Crippen molar-refractivity contribution in [1.29, 1.82) is 0 Å². The first-order valence-electron chi connectivity index (χ1n) is 5.76. The second kappa shape index (κ2) is 5.23. The summed E-state index contributed by atoms with van der Waals surface area (Å²) in [4.78, 5) is 3.24. The van der Waals surface area contributed by atoms with Gasteiger partial charge in [0.25, 0.3) is 0 Å². The Hall–Kier alpha value is -0.910. The van der Waals surface area contributed by atoms with E-state index in [0.29, 0.717) is 0 Å². The zero-order valence-electron chi connectivity index (χ0n) is 9.86.